The Labute approximate surface area is 96.4 Å². The van der Waals surface area contributed by atoms with Crippen LogP contribution in [0.2, 0.25) is 0 Å². The zero-order valence-electron chi connectivity index (χ0n) is 9.81. The lowest BCUT2D eigenvalue weighted by molar-refractivity contribution is -0.126. The first-order valence-electron chi connectivity index (χ1n) is 5.47. The van der Waals surface area contributed by atoms with Crippen molar-refractivity contribution in [1.82, 2.24) is 10.3 Å². The largest absolute Gasteiger partial charge is 0.293 e. The number of carbonyl (C=O) groups is 1. The Bertz CT molecular complexity index is 326. The third-order valence-corrected chi connectivity index (χ3v) is 2.70. The summed E-state index contributed by atoms with van der Waals surface area (Å²) in [6, 6.07) is 9.87. The summed E-state index contributed by atoms with van der Waals surface area (Å²) in [5, 5.41) is 0. The van der Waals surface area contributed by atoms with E-state index in [1.165, 1.54) is 5.56 Å². The summed E-state index contributed by atoms with van der Waals surface area (Å²) in [6.07, 6.45) is 0. The number of amides is 1. The molecule has 1 rings (SSSR count). The van der Waals surface area contributed by atoms with Gasteiger partial charge in [-0.15, -0.1) is 0 Å². The number of nitrogens with two attached hydrogens (primary N) is 1. The predicted octanol–water partition coefficient (Wildman–Crippen LogP) is 0.887. The number of hydrogen-bond acceptors (Lipinski definition) is 3. The first-order chi connectivity index (χ1) is 7.69. The molecule has 0 saturated carbocycles. The van der Waals surface area contributed by atoms with Gasteiger partial charge in [-0.1, -0.05) is 37.3 Å². The molecule has 0 aromatic heterocycles. The second-order valence-corrected chi connectivity index (χ2v) is 3.73. The van der Waals surface area contributed by atoms with E-state index < -0.39 is 0 Å². The third-order valence-electron chi connectivity index (χ3n) is 2.70. The number of likely N-dealkylation sites (N-methyl/N-ethyl adjacent to an activating group) is 1. The molecule has 1 unspecified atom stereocenters. The fourth-order valence-corrected chi connectivity index (χ4v) is 1.63. The lowest BCUT2D eigenvalue weighted by Crippen LogP contribution is -2.47. The maximum atomic E-state index is 11.4. The first-order valence-corrected chi connectivity index (χ1v) is 5.47. The molecule has 0 aliphatic rings. The van der Waals surface area contributed by atoms with Gasteiger partial charge in [0.05, 0.1) is 6.04 Å². The van der Waals surface area contributed by atoms with Gasteiger partial charge in [0.15, 0.2) is 0 Å². The van der Waals surface area contributed by atoms with Gasteiger partial charge in [-0.25, -0.2) is 5.84 Å². The van der Waals surface area contributed by atoms with Gasteiger partial charge in [-0.3, -0.25) is 15.1 Å². The number of rotatable bonds is 5. The van der Waals surface area contributed by atoms with Crippen molar-refractivity contribution in [2.24, 2.45) is 5.84 Å². The minimum Gasteiger partial charge on any atom is -0.293 e. The van der Waals surface area contributed by atoms with Crippen LogP contribution < -0.4 is 11.3 Å². The summed E-state index contributed by atoms with van der Waals surface area (Å²) in [5.41, 5.74) is 3.38. The maximum Gasteiger partial charge on any atom is 0.250 e. The Kier molecular flexibility index (Phi) is 4.95. The van der Waals surface area contributed by atoms with Crippen molar-refractivity contribution in [3.63, 3.8) is 0 Å². The molecule has 4 nitrogen and oxygen atoms in total. The SMILES string of the molecule is CCN(Cc1ccccc1)C(C)C(=O)NN. The molecule has 4 heteroatoms. The number of hydrazine groups is 1. The van der Waals surface area contributed by atoms with Gasteiger partial charge < -0.3 is 0 Å². The van der Waals surface area contributed by atoms with Crippen molar-refractivity contribution < 1.29 is 4.79 Å². The van der Waals surface area contributed by atoms with Crippen LogP contribution in [-0.4, -0.2) is 23.4 Å². The van der Waals surface area contributed by atoms with Crippen LogP contribution in [0.1, 0.15) is 19.4 Å². The van der Waals surface area contributed by atoms with Crippen molar-refractivity contribution in [2.45, 2.75) is 26.4 Å². The molecule has 0 bridgehead atoms. The van der Waals surface area contributed by atoms with Crippen LogP contribution in [0.4, 0.5) is 0 Å². The summed E-state index contributed by atoms with van der Waals surface area (Å²) in [4.78, 5) is 13.5. The molecule has 0 aliphatic heterocycles. The Balaban J connectivity index is 2.65. The highest BCUT2D eigenvalue weighted by Gasteiger charge is 2.18. The Hall–Kier alpha value is -1.39. The van der Waals surface area contributed by atoms with E-state index >= 15 is 0 Å². The molecule has 1 aromatic rings. The van der Waals surface area contributed by atoms with E-state index in [-0.39, 0.29) is 11.9 Å². The van der Waals surface area contributed by atoms with Gasteiger partial charge in [-0.2, -0.15) is 0 Å². The van der Waals surface area contributed by atoms with Gasteiger partial charge in [0.1, 0.15) is 0 Å². The summed E-state index contributed by atoms with van der Waals surface area (Å²) in [7, 11) is 0. The van der Waals surface area contributed by atoms with Crippen molar-refractivity contribution in [3.05, 3.63) is 35.9 Å². The molecule has 0 saturated heterocycles. The summed E-state index contributed by atoms with van der Waals surface area (Å²) in [5.74, 6) is 4.98. The fourth-order valence-electron chi connectivity index (χ4n) is 1.63. The van der Waals surface area contributed by atoms with Gasteiger partial charge >= 0.3 is 0 Å². The Morgan fingerprint density at radius 1 is 1.44 bits per heavy atom. The Morgan fingerprint density at radius 2 is 2.06 bits per heavy atom. The van der Waals surface area contributed by atoms with Crippen molar-refractivity contribution in [2.75, 3.05) is 6.54 Å². The van der Waals surface area contributed by atoms with E-state index in [9.17, 15) is 4.79 Å². The van der Waals surface area contributed by atoms with E-state index in [2.05, 4.69) is 22.5 Å². The second-order valence-electron chi connectivity index (χ2n) is 3.73. The number of carbonyl (C=O) groups excluding carboxylic acids is 1. The zero-order valence-corrected chi connectivity index (χ0v) is 9.81. The predicted molar refractivity (Wildman–Crippen MR) is 64.3 cm³/mol. The molecule has 1 amide bonds. The lowest BCUT2D eigenvalue weighted by Gasteiger charge is -2.26. The van der Waals surface area contributed by atoms with Gasteiger partial charge in [-0.05, 0) is 19.0 Å². The van der Waals surface area contributed by atoms with Crippen molar-refractivity contribution in [3.8, 4) is 0 Å². The van der Waals surface area contributed by atoms with Crippen LogP contribution in [0.5, 0.6) is 0 Å². The van der Waals surface area contributed by atoms with Crippen LogP contribution >= 0.6 is 0 Å². The average Bonchev–Trinajstić information content (AvgIpc) is 2.35. The Morgan fingerprint density at radius 3 is 2.56 bits per heavy atom. The van der Waals surface area contributed by atoms with Crippen LogP contribution in [0, 0.1) is 0 Å². The monoisotopic (exact) mass is 221 g/mol. The molecule has 1 atom stereocenters. The molecule has 88 valence electrons. The highest BCUT2D eigenvalue weighted by molar-refractivity contribution is 5.80. The normalized spacial score (nSPS) is 12.5. The van der Waals surface area contributed by atoms with E-state index in [1.807, 2.05) is 32.0 Å². The fraction of sp³-hybridized carbons (Fsp3) is 0.417. The molecular formula is C12H19N3O. The molecule has 3 N–H and O–H groups in total. The van der Waals surface area contributed by atoms with Crippen LogP contribution in [-0.2, 0) is 11.3 Å². The molecule has 0 heterocycles. The highest BCUT2D eigenvalue weighted by atomic mass is 16.2. The quantitative estimate of drug-likeness (QED) is 0.441. The number of hydrogen-bond donors (Lipinski definition) is 2. The van der Waals surface area contributed by atoms with Gasteiger partial charge in [0.25, 0.3) is 5.91 Å². The molecular weight excluding hydrogens is 202 g/mol. The van der Waals surface area contributed by atoms with E-state index in [0.29, 0.717) is 0 Å². The molecule has 0 spiro atoms. The molecule has 0 fully saturated rings. The van der Waals surface area contributed by atoms with Gasteiger partial charge in [0.2, 0.25) is 0 Å². The van der Waals surface area contributed by atoms with E-state index in [1.54, 1.807) is 0 Å². The summed E-state index contributed by atoms with van der Waals surface area (Å²) in [6.45, 7) is 5.45. The molecule has 16 heavy (non-hydrogen) atoms. The minimum absolute atomic E-state index is 0.155. The van der Waals surface area contributed by atoms with Crippen LogP contribution in [0.3, 0.4) is 0 Å². The minimum atomic E-state index is -0.213. The molecule has 0 radical (unpaired) electrons. The molecule has 1 aromatic carbocycles. The van der Waals surface area contributed by atoms with Crippen LogP contribution in [0.25, 0.3) is 0 Å². The standard InChI is InChI=1S/C12H19N3O/c1-3-15(10(2)12(16)14-13)9-11-7-5-4-6-8-11/h4-8,10H,3,9,13H2,1-2H3,(H,14,16). The third kappa shape index (κ3) is 3.32. The lowest BCUT2D eigenvalue weighted by atomic mass is 10.2. The number of nitrogens with one attached hydrogen (secondary N) is 1. The average molecular weight is 221 g/mol. The van der Waals surface area contributed by atoms with E-state index in [0.717, 1.165) is 13.1 Å². The van der Waals surface area contributed by atoms with Crippen LogP contribution in [0.15, 0.2) is 30.3 Å². The maximum absolute atomic E-state index is 11.4. The summed E-state index contributed by atoms with van der Waals surface area (Å²) >= 11 is 0. The number of benzene rings is 1. The van der Waals surface area contributed by atoms with Crippen molar-refractivity contribution in [1.29, 1.82) is 0 Å². The van der Waals surface area contributed by atoms with E-state index in [4.69, 9.17) is 5.84 Å². The summed E-state index contributed by atoms with van der Waals surface area (Å²) < 4.78 is 0. The zero-order chi connectivity index (χ0) is 12.0. The smallest absolute Gasteiger partial charge is 0.250 e. The number of nitrogens with zero attached hydrogens (tertiary/aromatic N) is 1. The van der Waals surface area contributed by atoms with Crippen molar-refractivity contribution >= 4 is 5.91 Å². The van der Waals surface area contributed by atoms with Gasteiger partial charge in [0, 0.05) is 6.54 Å². The molecule has 0 aliphatic carbocycles. The second kappa shape index (κ2) is 6.25. The first kappa shape index (κ1) is 12.7. The topological polar surface area (TPSA) is 58.4 Å². The highest BCUT2D eigenvalue weighted by Crippen LogP contribution is 2.07.